The van der Waals surface area contributed by atoms with Gasteiger partial charge in [-0.15, -0.1) is 0 Å². The lowest BCUT2D eigenvalue weighted by Gasteiger charge is -2.57. The molecule has 0 heterocycles. The maximum Gasteiger partial charge on any atom is 0.122 e. The van der Waals surface area contributed by atoms with E-state index >= 15 is 0 Å². The number of methoxy groups -OCH3 is 1. The first-order valence-corrected chi connectivity index (χ1v) is 12.6. The van der Waals surface area contributed by atoms with Gasteiger partial charge in [0.05, 0.1) is 13.7 Å². The lowest BCUT2D eigenvalue weighted by atomic mass is 9.48. The van der Waals surface area contributed by atoms with Gasteiger partial charge in [-0.1, -0.05) is 46.3 Å². The SMILES string of the molecule is COc1cc(CC/C=C(\CO)c2cccc(Br)c2)ccc1C12CC3CC(CC(C3)C1)C2. The Labute approximate surface area is 194 Å². The highest BCUT2D eigenvalue weighted by atomic mass is 79.9. The summed E-state index contributed by atoms with van der Waals surface area (Å²) in [5.74, 6) is 3.92. The van der Waals surface area contributed by atoms with Gasteiger partial charge in [0.15, 0.2) is 0 Å². The van der Waals surface area contributed by atoms with Crippen molar-refractivity contribution in [2.45, 2.75) is 56.8 Å². The number of aryl methyl sites for hydroxylation is 1. The summed E-state index contributed by atoms with van der Waals surface area (Å²) in [6, 6.07) is 15.1. The average Bonchev–Trinajstić information content (AvgIpc) is 2.75. The molecule has 2 nitrogen and oxygen atoms in total. The highest BCUT2D eigenvalue weighted by Crippen LogP contribution is 2.61. The van der Waals surface area contributed by atoms with Gasteiger partial charge in [0, 0.05) is 10.0 Å². The molecule has 0 aliphatic heterocycles. The maximum atomic E-state index is 9.83. The van der Waals surface area contributed by atoms with Gasteiger partial charge >= 0.3 is 0 Å². The molecule has 0 unspecified atom stereocenters. The van der Waals surface area contributed by atoms with Crippen molar-refractivity contribution in [3.8, 4) is 5.75 Å². The zero-order chi connectivity index (χ0) is 21.4. The van der Waals surface area contributed by atoms with Gasteiger partial charge in [-0.05, 0) is 109 Å². The zero-order valence-corrected chi connectivity index (χ0v) is 20.0. The Bertz CT molecular complexity index is 941. The minimum Gasteiger partial charge on any atom is -0.496 e. The maximum absolute atomic E-state index is 9.83. The molecule has 0 radical (unpaired) electrons. The third kappa shape index (κ3) is 4.24. The monoisotopic (exact) mass is 480 g/mol. The third-order valence-electron chi connectivity index (χ3n) is 8.07. The topological polar surface area (TPSA) is 29.5 Å². The minimum atomic E-state index is 0.0603. The van der Waals surface area contributed by atoms with E-state index in [0.29, 0.717) is 5.41 Å². The van der Waals surface area contributed by atoms with Crippen LogP contribution in [0.1, 0.15) is 61.6 Å². The minimum absolute atomic E-state index is 0.0603. The molecule has 6 rings (SSSR count). The first-order chi connectivity index (χ1) is 15.1. The molecule has 2 aromatic rings. The summed E-state index contributed by atoms with van der Waals surface area (Å²) in [4.78, 5) is 0. The predicted molar refractivity (Wildman–Crippen MR) is 130 cm³/mol. The Kier molecular flexibility index (Phi) is 6.00. The fourth-order valence-corrected chi connectivity index (χ4v) is 7.54. The Hall–Kier alpha value is -1.58. The summed E-state index contributed by atoms with van der Waals surface area (Å²) in [7, 11) is 1.83. The number of aliphatic hydroxyl groups excluding tert-OH is 1. The molecule has 1 N–H and O–H groups in total. The molecule has 4 bridgehead atoms. The van der Waals surface area contributed by atoms with Gasteiger partial charge in [0.1, 0.15) is 5.75 Å². The number of ether oxygens (including phenoxy) is 1. The second-order valence-corrected chi connectivity index (χ2v) is 11.1. The Morgan fingerprint density at radius 3 is 2.39 bits per heavy atom. The fraction of sp³-hybridized carbons (Fsp3) is 0.500. The molecule has 0 saturated heterocycles. The molecular weight excluding hydrogens is 448 g/mol. The smallest absolute Gasteiger partial charge is 0.122 e. The first kappa shape index (κ1) is 21.3. The van der Waals surface area contributed by atoms with Crippen molar-refractivity contribution in [3.05, 3.63) is 69.7 Å². The quantitative estimate of drug-likeness (QED) is 0.465. The normalized spacial score (nSPS) is 29.4. The molecule has 31 heavy (non-hydrogen) atoms. The first-order valence-electron chi connectivity index (χ1n) is 11.8. The Morgan fingerprint density at radius 1 is 1.06 bits per heavy atom. The van der Waals surface area contributed by atoms with E-state index in [1.807, 2.05) is 19.2 Å². The number of hydrogen-bond acceptors (Lipinski definition) is 2. The molecule has 2 aromatic carbocycles. The second kappa shape index (κ2) is 8.75. The number of rotatable bonds is 7. The van der Waals surface area contributed by atoms with Crippen molar-refractivity contribution in [1.29, 1.82) is 0 Å². The van der Waals surface area contributed by atoms with Crippen molar-refractivity contribution in [3.63, 3.8) is 0 Å². The van der Waals surface area contributed by atoms with E-state index in [0.717, 1.165) is 52.0 Å². The van der Waals surface area contributed by atoms with Crippen LogP contribution in [0.25, 0.3) is 5.57 Å². The summed E-state index contributed by atoms with van der Waals surface area (Å²) >= 11 is 3.52. The van der Waals surface area contributed by atoms with E-state index in [2.05, 4.69) is 52.3 Å². The van der Waals surface area contributed by atoms with Crippen molar-refractivity contribution in [1.82, 2.24) is 0 Å². The van der Waals surface area contributed by atoms with Gasteiger partial charge in [-0.25, -0.2) is 0 Å². The average molecular weight is 481 g/mol. The lowest BCUT2D eigenvalue weighted by molar-refractivity contribution is -0.00616. The van der Waals surface area contributed by atoms with Crippen LogP contribution in [0.2, 0.25) is 0 Å². The van der Waals surface area contributed by atoms with Gasteiger partial charge < -0.3 is 9.84 Å². The molecule has 4 aliphatic rings. The van der Waals surface area contributed by atoms with E-state index in [1.54, 1.807) is 0 Å². The fourth-order valence-electron chi connectivity index (χ4n) is 7.14. The number of halogens is 1. The van der Waals surface area contributed by atoms with Crippen molar-refractivity contribution in [2.24, 2.45) is 17.8 Å². The van der Waals surface area contributed by atoms with Crippen LogP contribution in [0.4, 0.5) is 0 Å². The highest BCUT2D eigenvalue weighted by molar-refractivity contribution is 9.10. The summed E-state index contributed by atoms with van der Waals surface area (Å²) in [6.07, 6.45) is 12.5. The Balaban J connectivity index is 1.33. The van der Waals surface area contributed by atoms with Crippen molar-refractivity contribution >= 4 is 21.5 Å². The molecule has 4 aliphatic carbocycles. The molecule has 0 atom stereocenters. The van der Waals surface area contributed by atoms with Crippen LogP contribution >= 0.6 is 15.9 Å². The molecule has 0 amide bonds. The van der Waals surface area contributed by atoms with E-state index in [1.165, 1.54) is 49.7 Å². The third-order valence-corrected chi connectivity index (χ3v) is 8.56. The van der Waals surface area contributed by atoms with Crippen LogP contribution in [-0.2, 0) is 11.8 Å². The summed E-state index contributed by atoms with van der Waals surface area (Å²) < 4.78 is 6.98. The number of allylic oxidation sites excluding steroid dienone is 1. The van der Waals surface area contributed by atoms with Crippen LogP contribution in [-0.4, -0.2) is 18.8 Å². The standard InChI is InChI=1S/C28H33BrO2/c1-31-27-13-19(4-2-6-24(18-30)23-5-3-7-25(29)14-23)8-9-26(27)28-15-20-10-21(16-28)12-22(11-20)17-28/h3,5-9,13-14,20-22,30H,2,4,10-12,15-18H2,1H3/b24-6+. The molecule has 0 aromatic heterocycles. The highest BCUT2D eigenvalue weighted by Gasteiger charge is 2.52. The van der Waals surface area contributed by atoms with Crippen LogP contribution in [0.5, 0.6) is 5.75 Å². The van der Waals surface area contributed by atoms with Gasteiger partial charge in [0.2, 0.25) is 0 Å². The van der Waals surface area contributed by atoms with E-state index in [-0.39, 0.29) is 6.61 Å². The summed E-state index contributed by atoms with van der Waals surface area (Å²) in [5, 5.41) is 9.83. The molecule has 4 saturated carbocycles. The van der Waals surface area contributed by atoms with Gasteiger partial charge in [-0.3, -0.25) is 0 Å². The summed E-state index contributed by atoms with van der Waals surface area (Å²) in [6.45, 7) is 0.0603. The number of aliphatic hydroxyl groups is 1. The molecule has 3 heteroatoms. The largest absolute Gasteiger partial charge is 0.496 e. The number of hydrogen-bond donors (Lipinski definition) is 1. The van der Waals surface area contributed by atoms with Crippen LogP contribution in [0, 0.1) is 17.8 Å². The second-order valence-electron chi connectivity index (χ2n) is 10.2. The molecular formula is C28H33BrO2. The van der Waals surface area contributed by atoms with Gasteiger partial charge in [0.25, 0.3) is 0 Å². The zero-order valence-electron chi connectivity index (χ0n) is 18.4. The Morgan fingerprint density at radius 2 is 1.77 bits per heavy atom. The van der Waals surface area contributed by atoms with E-state index < -0.39 is 0 Å². The lowest BCUT2D eigenvalue weighted by Crippen LogP contribution is -2.48. The van der Waals surface area contributed by atoms with Gasteiger partial charge in [-0.2, -0.15) is 0 Å². The number of benzene rings is 2. The predicted octanol–water partition coefficient (Wildman–Crippen LogP) is 6.93. The molecule has 4 fully saturated rings. The van der Waals surface area contributed by atoms with Crippen LogP contribution in [0.3, 0.4) is 0 Å². The van der Waals surface area contributed by atoms with Crippen molar-refractivity contribution < 1.29 is 9.84 Å². The molecule has 0 spiro atoms. The van der Waals surface area contributed by atoms with Crippen molar-refractivity contribution in [2.75, 3.05) is 13.7 Å². The summed E-state index contributed by atoms with van der Waals surface area (Å²) in [5.41, 5.74) is 5.21. The molecule has 164 valence electrons. The van der Waals surface area contributed by atoms with Crippen LogP contribution < -0.4 is 4.74 Å². The van der Waals surface area contributed by atoms with Crippen LogP contribution in [0.15, 0.2) is 53.0 Å². The van der Waals surface area contributed by atoms with E-state index in [9.17, 15) is 5.11 Å². The van der Waals surface area contributed by atoms with E-state index in [4.69, 9.17) is 4.74 Å².